The van der Waals surface area contributed by atoms with E-state index in [0.29, 0.717) is 49.0 Å². The van der Waals surface area contributed by atoms with Crippen LogP contribution in [0.3, 0.4) is 0 Å². The number of piperazine rings is 1. The van der Waals surface area contributed by atoms with Gasteiger partial charge in [0, 0.05) is 55.9 Å². The number of hydrogen-bond donors (Lipinski definition) is 0. The zero-order valence-electron chi connectivity index (χ0n) is 22.1. The maximum absolute atomic E-state index is 13.1. The van der Waals surface area contributed by atoms with Crippen molar-refractivity contribution in [2.75, 3.05) is 31.1 Å². The summed E-state index contributed by atoms with van der Waals surface area (Å²) >= 11 is 0. The van der Waals surface area contributed by atoms with E-state index in [2.05, 4.69) is 41.2 Å². The Morgan fingerprint density at radius 2 is 1.77 bits per heavy atom. The van der Waals surface area contributed by atoms with E-state index >= 15 is 0 Å². The molecule has 0 saturated carbocycles. The molecule has 0 aliphatic carbocycles. The molecule has 3 aromatic carbocycles. The number of nitrogens with zero attached hydrogens (tertiary/aromatic N) is 6. The summed E-state index contributed by atoms with van der Waals surface area (Å²) in [6.07, 6.45) is 2.71. The van der Waals surface area contributed by atoms with Crippen molar-refractivity contribution in [1.29, 1.82) is 0 Å². The number of nitro benzene ring substituents is 1. The lowest BCUT2D eigenvalue weighted by Gasteiger charge is -2.35. The number of amides is 1. The number of benzene rings is 3. The Hall–Kier alpha value is -4.86. The van der Waals surface area contributed by atoms with E-state index in [1.54, 1.807) is 11.0 Å². The van der Waals surface area contributed by atoms with Gasteiger partial charge < -0.3 is 14.3 Å². The van der Waals surface area contributed by atoms with Crippen molar-refractivity contribution in [2.45, 2.75) is 26.2 Å². The molecule has 0 atom stereocenters. The number of fused-ring (bicyclic) bond motifs is 2. The molecule has 0 radical (unpaired) electrons. The topological polar surface area (TPSA) is 118 Å². The molecule has 10 heteroatoms. The molecule has 6 rings (SSSR count). The van der Waals surface area contributed by atoms with Gasteiger partial charge in [-0.2, -0.15) is 4.98 Å². The molecule has 202 valence electrons. The Morgan fingerprint density at radius 3 is 2.55 bits per heavy atom. The standard InChI is InChI=1S/C30H28N6O4/c1-2-3-11-25-31-28(34-14-16-35(17-15-34)30(37)23-9-6-10-24(19-23)36(38)39)26-27(33-40-29(26)32-25)22-13-12-20-7-4-5-8-21(20)18-22/h4-10,12-13,18-19H,2-3,11,14-17H2,1H3. The van der Waals surface area contributed by atoms with Crippen molar-refractivity contribution in [2.24, 2.45) is 0 Å². The molecule has 0 spiro atoms. The number of nitro groups is 1. The van der Waals surface area contributed by atoms with Gasteiger partial charge in [0.15, 0.2) is 0 Å². The summed E-state index contributed by atoms with van der Waals surface area (Å²) in [5.41, 5.74) is 2.28. The average Bonchev–Trinajstić information content (AvgIpc) is 3.43. The molecule has 3 heterocycles. The highest BCUT2D eigenvalue weighted by Crippen LogP contribution is 2.35. The molecule has 0 unspecified atom stereocenters. The summed E-state index contributed by atoms with van der Waals surface area (Å²) in [5.74, 6) is 1.24. The van der Waals surface area contributed by atoms with Gasteiger partial charge >= 0.3 is 0 Å². The van der Waals surface area contributed by atoms with E-state index in [1.807, 2.05) is 18.2 Å². The number of non-ortho nitro benzene ring substituents is 1. The Balaban J connectivity index is 1.32. The second-order valence-electron chi connectivity index (χ2n) is 9.93. The Kier molecular flexibility index (Phi) is 6.81. The molecule has 1 saturated heterocycles. The first-order chi connectivity index (χ1) is 19.5. The molecule has 0 N–H and O–H groups in total. The minimum absolute atomic E-state index is 0.0962. The fourth-order valence-electron chi connectivity index (χ4n) is 5.15. The van der Waals surface area contributed by atoms with E-state index in [9.17, 15) is 14.9 Å². The smallest absolute Gasteiger partial charge is 0.270 e. The van der Waals surface area contributed by atoms with Crippen molar-refractivity contribution >= 4 is 39.3 Å². The fraction of sp³-hybridized carbons (Fsp3) is 0.267. The van der Waals surface area contributed by atoms with Gasteiger partial charge in [0.2, 0.25) is 0 Å². The van der Waals surface area contributed by atoms with Crippen molar-refractivity contribution < 1.29 is 14.2 Å². The third-order valence-electron chi connectivity index (χ3n) is 7.31. The van der Waals surface area contributed by atoms with Crippen LogP contribution in [0.2, 0.25) is 0 Å². The number of carbonyl (C=O) groups excluding carboxylic acids is 1. The third-order valence-corrected chi connectivity index (χ3v) is 7.31. The van der Waals surface area contributed by atoms with Crippen LogP contribution in [-0.4, -0.2) is 57.0 Å². The van der Waals surface area contributed by atoms with Crippen LogP contribution in [-0.2, 0) is 6.42 Å². The number of anilines is 1. The molecule has 1 aliphatic heterocycles. The van der Waals surface area contributed by atoms with Gasteiger partial charge in [0.1, 0.15) is 22.7 Å². The molecular formula is C30H28N6O4. The maximum Gasteiger partial charge on any atom is 0.270 e. The van der Waals surface area contributed by atoms with E-state index < -0.39 is 4.92 Å². The lowest BCUT2D eigenvalue weighted by Crippen LogP contribution is -2.49. The molecule has 1 aliphatic rings. The van der Waals surface area contributed by atoms with E-state index in [1.165, 1.54) is 18.2 Å². The molecule has 0 bridgehead atoms. The van der Waals surface area contributed by atoms with Crippen LogP contribution in [0.1, 0.15) is 35.9 Å². The van der Waals surface area contributed by atoms with E-state index in [0.717, 1.165) is 46.8 Å². The average molecular weight is 537 g/mol. The second kappa shape index (κ2) is 10.7. The Morgan fingerprint density at radius 1 is 0.975 bits per heavy atom. The van der Waals surface area contributed by atoms with Gasteiger partial charge in [0.05, 0.1) is 4.92 Å². The van der Waals surface area contributed by atoms with Gasteiger partial charge in [-0.1, -0.05) is 61.0 Å². The van der Waals surface area contributed by atoms with Gasteiger partial charge in [-0.15, -0.1) is 0 Å². The summed E-state index contributed by atoms with van der Waals surface area (Å²) in [6, 6.07) is 20.2. The number of hydrogen-bond acceptors (Lipinski definition) is 8. The van der Waals surface area contributed by atoms with Crippen LogP contribution in [0.25, 0.3) is 33.1 Å². The summed E-state index contributed by atoms with van der Waals surface area (Å²) in [6.45, 7) is 4.12. The molecular weight excluding hydrogens is 508 g/mol. The van der Waals surface area contributed by atoms with Crippen molar-refractivity contribution in [3.63, 3.8) is 0 Å². The first-order valence-electron chi connectivity index (χ1n) is 13.5. The molecule has 1 fully saturated rings. The van der Waals surface area contributed by atoms with Crippen LogP contribution < -0.4 is 4.90 Å². The van der Waals surface area contributed by atoms with Gasteiger partial charge in [-0.05, 0) is 29.3 Å². The van der Waals surface area contributed by atoms with Gasteiger partial charge in [-0.3, -0.25) is 14.9 Å². The first kappa shape index (κ1) is 25.4. The highest BCUT2D eigenvalue weighted by Gasteiger charge is 2.28. The number of unbranched alkanes of at least 4 members (excludes halogenated alkanes) is 1. The zero-order chi connectivity index (χ0) is 27.6. The van der Waals surface area contributed by atoms with E-state index in [-0.39, 0.29) is 11.6 Å². The maximum atomic E-state index is 13.1. The highest BCUT2D eigenvalue weighted by atomic mass is 16.6. The summed E-state index contributed by atoms with van der Waals surface area (Å²) in [4.78, 5) is 37.4. The number of carbonyl (C=O) groups is 1. The number of aryl methyl sites for hydroxylation is 1. The Labute approximate surface area is 230 Å². The first-order valence-corrected chi connectivity index (χ1v) is 13.5. The minimum atomic E-state index is -0.489. The van der Waals surface area contributed by atoms with Crippen molar-refractivity contribution in [3.05, 3.63) is 88.2 Å². The number of rotatable bonds is 7. The SMILES string of the molecule is CCCCc1nc(N2CCN(C(=O)c3cccc([N+](=O)[O-])c3)CC2)c2c(-c3ccc4ccccc4c3)noc2n1. The van der Waals surface area contributed by atoms with Crippen LogP contribution in [0.5, 0.6) is 0 Å². The fourth-order valence-corrected chi connectivity index (χ4v) is 5.15. The summed E-state index contributed by atoms with van der Waals surface area (Å²) < 4.78 is 5.77. The predicted molar refractivity (Wildman–Crippen MR) is 152 cm³/mol. The van der Waals surface area contributed by atoms with Crippen molar-refractivity contribution in [1.82, 2.24) is 20.0 Å². The summed E-state index contributed by atoms with van der Waals surface area (Å²) in [7, 11) is 0. The molecule has 5 aromatic rings. The normalized spacial score (nSPS) is 13.7. The lowest BCUT2D eigenvalue weighted by atomic mass is 10.0. The summed E-state index contributed by atoms with van der Waals surface area (Å²) in [5, 5.41) is 18.6. The van der Waals surface area contributed by atoms with Gasteiger partial charge in [0.25, 0.3) is 17.3 Å². The lowest BCUT2D eigenvalue weighted by molar-refractivity contribution is -0.384. The zero-order valence-corrected chi connectivity index (χ0v) is 22.1. The third kappa shape index (κ3) is 4.84. The van der Waals surface area contributed by atoms with Gasteiger partial charge in [-0.25, -0.2) is 4.98 Å². The largest absolute Gasteiger partial charge is 0.352 e. The molecule has 2 aromatic heterocycles. The quantitative estimate of drug-likeness (QED) is 0.193. The predicted octanol–water partition coefficient (Wildman–Crippen LogP) is 5.65. The molecule has 40 heavy (non-hydrogen) atoms. The van der Waals surface area contributed by atoms with E-state index in [4.69, 9.17) is 14.5 Å². The monoisotopic (exact) mass is 536 g/mol. The van der Waals surface area contributed by atoms with Crippen LogP contribution in [0, 0.1) is 10.1 Å². The second-order valence-corrected chi connectivity index (χ2v) is 9.93. The van der Waals surface area contributed by atoms with Crippen LogP contribution >= 0.6 is 0 Å². The highest BCUT2D eigenvalue weighted by molar-refractivity contribution is 6.00. The van der Waals surface area contributed by atoms with Crippen LogP contribution in [0.4, 0.5) is 11.5 Å². The molecule has 1 amide bonds. The minimum Gasteiger partial charge on any atom is -0.352 e. The van der Waals surface area contributed by atoms with Crippen molar-refractivity contribution in [3.8, 4) is 11.3 Å². The van der Waals surface area contributed by atoms with Crippen LogP contribution in [0.15, 0.2) is 71.3 Å². The number of aromatic nitrogens is 3. The Bertz CT molecular complexity index is 1720. The molecule has 10 nitrogen and oxygen atoms in total.